The first-order chi connectivity index (χ1) is 18.5. The van der Waals surface area contributed by atoms with Crippen LogP contribution in [0.5, 0.6) is 5.75 Å². The van der Waals surface area contributed by atoms with E-state index in [9.17, 15) is 24.0 Å². The normalized spacial score (nSPS) is 22.5. The van der Waals surface area contributed by atoms with Crippen molar-refractivity contribution >= 4 is 35.7 Å². The number of furan rings is 1. The minimum Gasteiger partial charge on any atom is -0.465 e. The molecule has 1 aromatic carbocycles. The van der Waals surface area contributed by atoms with Crippen molar-refractivity contribution in [3.05, 3.63) is 60.1 Å². The second-order valence-electron chi connectivity index (χ2n) is 8.58. The topological polar surface area (TPSA) is 157 Å². The van der Waals surface area contributed by atoms with Gasteiger partial charge in [-0.1, -0.05) is 0 Å². The highest BCUT2D eigenvalue weighted by Gasteiger charge is 2.51. The predicted molar refractivity (Wildman–Crippen MR) is 133 cm³/mol. The van der Waals surface area contributed by atoms with Crippen molar-refractivity contribution < 1.29 is 52.1 Å². The van der Waals surface area contributed by atoms with E-state index in [2.05, 4.69) is 5.32 Å². The van der Waals surface area contributed by atoms with Crippen molar-refractivity contribution in [1.82, 2.24) is 5.32 Å². The summed E-state index contributed by atoms with van der Waals surface area (Å²) in [5.74, 6) is -2.05. The van der Waals surface area contributed by atoms with Gasteiger partial charge in [-0.3, -0.25) is 24.0 Å². The minimum atomic E-state index is -1.27. The van der Waals surface area contributed by atoms with Crippen molar-refractivity contribution in [1.29, 1.82) is 0 Å². The van der Waals surface area contributed by atoms with Crippen LogP contribution in [0.1, 0.15) is 43.8 Å². The van der Waals surface area contributed by atoms with Crippen LogP contribution < -0.4 is 10.1 Å². The third-order valence-electron chi connectivity index (χ3n) is 5.40. The molecule has 5 unspecified atom stereocenters. The van der Waals surface area contributed by atoms with E-state index in [1.54, 1.807) is 18.2 Å². The summed E-state index contributed by atoms with van der Waals surface area (Å²) in [5, 5.41) is 2.62. The lowest BCUT2D eigenvalue weighted by Gasteiger charge is -2.44. The molecule has 39 heavy (non-hydrogen) atoms. The van der Waals surface area contributed by atoms with Gasteiger partial charge in [0.25, 0.3) is 0 Å². The van der Waals surface area contributed by atoms with Crippen molar-refractivity contribution in [2.45, 2.75) is 58.3 Å². The molecule has 0 bridgehead atoms. The Kier molecular flexibility index (Phi) is 9.98. The van der Waals surface area contributed by atoms with E-state index in [1.807, 2.05) is 0 Å². The van der Waals surface area contributed by atoms with Gasteiger partial charge in [-0.2, -0.15) is 0 Å². The summed E-state index contributed by atoms with van der Waals surface area (Å²) in [7, 11) is 0. The number of rotatable bonds is 10. The summed E-state index contributed by atoms with van der Waals surface area (Å²) in [5.41, 5.74) is 0.369. The van der Waals surface area contributed by atoms with Crippen molar-refractivity contribution in [3.8, 4) is 5.75 Å². The van der Waals surface area contributed by atoms with Gasteiger partial charge < -0.3 is 33.4 Å². The zero-order valence-electron chi connectivity index (χ0n) is 21.8. The molecule has 1 aliphatic heterocycles. The first kappa shape index (κ1) is 29.1. The lowest BCUT2D eigenvalue weighted by Crippen LogP contribution is -2.67. The number of esters is 3. The molecular formula is C27H29NO11. The van der Waals surface area contributed by atoms with Crippen molar-refractivity contribution in [3.63, 3.8) is 0 Å². The van der Waals surface area contributed by atoms with Crippen LogP contribution in [0.15, 0.2) is 53.2 Å². The Bertz CT molecular complexity index is 1200. The smallest absolute Gasteiger partial charge is 0.303 e. The van der Waals surface area contributed by atoms with Crippen LogP contribution in [0.25, 0.3) is 6.08 Å². The number of nitrogens with one attached hydrogen (secondary N) is 1. The second kappa shape index (κ2) is 13.4. The van der Waals surface area contributed by atoms with Gasteiger partial charge in [0.15, 0.2) is 18.0 Å². The number of ether oxygens (including phenoxy) is 5. The third kappa shape index (κ3) is 8.54. The Balaban J connectivity index is 1.86. The Morgan fingerprint density at radius 3 is 2.13 bits per heavy atom. The number of hydrogen-bond donors (Lipinski definition) is 1. The summed E-state index contributed by atoms with van der Waals surface area (Å²) < 4.78 is 33.0. The molecule has 1 N–H and O–H groups in total. The highest BCUT2D eigenvalue weighted by Crippen LogP contribution is 2.29. The van der Waals surface area contributed by atoms with Gasteiger partial charge in [0, 0.05) is 33.3 Å². The number of amides is 1. The lowest BCUT2D eigenvalue weighted by atomic mass is 9.96. The van der Waals surface area contributed by atoms with Gasteiger partial charge in [-0.05, 0) is 48.6 Å². The number of carbonyl (C=O) groups is 5. The molecule has 1 amide bonds. The van der Waals surface area contributed by atoms with E-state index >= 15 is 0 Å². The standard InChI is InChI=1S/C27H29NO11/c1-15(29)28-24-26(37-18(4)32)25(36-17(3)31)23(14-35-16(2)30)39-27(24)38-21-9-7-19(8-10-21)22(33)12-11-20-6-5-13-34-20/h5-13,23-27H,14H2,1-4H3,(H,28,29). The molecule has 0 spiro atoms. The Morgan fingerprint density at radius 1 is 0.897 bits per heavy atom. The van der Waals surface area contributed by atoms with Crippen LogP contribution in [0.3, 0.4) is 0 Å². The number of allylic oxidation sites excluding steroid dienone is 1. The molecule has 12 heteroatoms. The van der Waals surface area contributed by atoms with E-state index in [-0.39, 0.29) is 18.1 Å². The SMILES string of the molecule is CC(=O)NC1C(Oc2ccc(C(=O)C=Cc3ccco3)cc2)OC(COC(C)=O)C(OC(C)=O)C1OC(C)=O. The molecule has 5 atom stereocenters. The molecule has 2 heterocycles. The number of ketones is 1. The number of hydrogen-bond acceptors (Lipinski definition) is 11. The highest BCUT2D eigenvalue weighted by atomic mass is 16.7. The molecule has 208 valence electrons. The average Bonchev–Trinajstić information content (AvgIpc) is 3.38. The molecule has 3 rings (SSSR count). The van der Waals surface area contributed by atoms with Gasteiger partial charge in [-0.25, -0.2) is 0 Å². The number of benzene rings is 1. The summed E-state index contributed by atoms with van der Waals surface area (Å²) >= 11 is 0. The summed E-state index contributed by atoms with van der Waals surface area (Å²) in [4.78, 5) is 59.8. The largest absolute Gasteiger partial charge is 0.465 e. The molecule has 12 nitrogen and oxygen atoms in total. The fourth-order valence-electron chi connectivity index (χ4n) is 3.86. The molecule has 1 fully saturated rings. The van der Waals surface area contributed by atoms with Crippen LogP contribution in [0.4, 0.5) is 0 Å². The van der Waals surface area contributed by atoms with Crippen molar-refractivity contribution in [2.24, 2.45) is 0 Å². The summed E-state index contributed by atoms with van der Waals surface area (Å²) in [6.45, 7) is 4.37. The molecule has 1 aliphatic rings. The van der Waals surface area contributed by atoms with E-state index < -0.39 is 54.5 Å². The van der Waals surface area contributed by atoms with Gasteiger partial charge >= 0.3 is 17.9 Å². The zero-order valence-corrected chi connectivity index (χ0v) is 21.8. The van der Waals surface area contributed by atoms with Gasteiger partial charge in [0.05, 0.1) is 6.26 Å². The van der Waals surface area contributed by atoms with Crippen LogP contribution in [-0.2, 0) is 38.1 Å². The first-order valence-electron chi connectivity index (χ1n) is 12.0. The van der Waals surface area contributed by atoms with E-state index in [0.717, 1.165) is 13.8 Å². The Morgan fingerprint density at radius 2 is 1.56 bits per heavy atom. The lowest BCUT2D eigenvalue weighted by molar-refractivity contribution is -0.257. The summed E-state index contributed by atoms with van der Waals surface area (Å²) in [6, 6.07) is 8.38. The Hall–Kier alpha value is -4.45. The minimum absolute atomic E-state index is 0.251. The number of carbonyl (C=O) groups excluding carboxylic acids is 5. The maximum atomic E-state index is 12.5. The molecule has 1 saturated heterocycles. The first-order valence-corrected chi connectivity index (χ1v) is 12.0. The Labute approximate surface area is 224 Å². The average molecular weight is 544 g/mol. The fourth-order valence-corrected chi connectivity index (χ4v) is 3.86. The molecule has 0 saturated carbocycles. The van der Waals surface area contributed by atoms with Gasteiger partial charge in [0.2, 0.25) is 12.2 Å². The monoisotopic (exact) mass is 543 g/mol. The van der Waals surface area contributed by atoms with Crippen LogP contribution in [0.2, 0.25) is 0 Å². The molecular weight excluding hydrogens is 514 g/mol. The van der Waals surface area contributed by atoms with Crippen molar-refractivity contribution in [2.75, 3.05) is 6.61 Å². The van der Waals surface area contributed by atoms with E-state index in [1.165, 1.54) is 50.5 Å². The molecule has 0 aliphatic carbocycles. The van der Waals surface area contributed by atoms with E-state index in [0.29, 0.717) is 11.3 Å². The van der Waals surface area contributed by atoms with Gasteiger partial charge in [-0.15, -0.1) is 0 Å². The van der Waals surface area contributed by atoms with Crippen LogP contribution in [0, 0.1) is 0 Å². The zero-order chi connectivity index (χ0) is 28.5. The molecule has 1 aromatic heterocycles. The highest BCUT2D eigenvalue weighted by molar-refractivity contribution is 6.06. The van der Waals surface area contributed by atoms with Crippen LogP contribution >= 0.6 is 0 Å². The summed E-state index contributed by atoms with van der Waals surface area (Å²) in [6.07, 6.45) is -0.459. The van der Waals surface area contributed by atoms with E-state index in [4.69, 9.17) is 28.1 Å². The van der Waals surface area contributed by atoms with Gasteiger partial charge in [0.1, 0.15) is 30.3 Å². The quantitative estimate of drug-likeness (QED) is 0.203. The fraction of sp³-hybridized carbons (Fsp3) is 0.370. The molecule has 0 radical (unpaired) electrons. The van der Waals surface area contributed by atoms with Crippen LogP contribution in [-0.4, -0.2) is 66.8 Å². The molecule has 2 aromatic rings. The third-order valence-corrected chi connectivity index (χ3v) is 5.40. The maximum Gasteiger partial charge on any atom is 0.303 e. The predicted octanol–water partition coefficient (Wildman–Crippen LogP) is 2.21. The maximum absolute atomic E-state index is 12.5. The second-order valence-corrected chi connectivity index (χ2v) is 8.58.